The van der Waals surface area contributed by atoms with E-state index in [-0.39, 0.29) is 11.9 Å². The number of benzene rings is 2. The normalized spacial score (nSPS) is 15.6. The molecule has 0 radical (unpaired) electrons. The molecule has 0 aliphatic carbocycles. The highest BCUT2D eigenvalue weighted by atomic mass is 16.1. The van der Waals surface area contributed by atoms with Gasteiger partial charge >= 0.3 is 0 Å². The summed E-state index contributed by atoms with van der Waals surface area (Å²) in [4.78, 5) is 17.9. The van der Waals surface area contributed by atoms with E-state index < -0.39 is 0 Å². The van der Waals surface area contributed by atoms with Gasteiger partial charge in [0.2, 0.25) is 0 Å². The van der Waals surface area contributed by atoms with Gasteiger partial charge in [0.15, 0.2) is 0 Å². The van der Waals surface area contributed by atoms with Crippen LogP contribution in [0.2, 0.25) is 0 Å². The SMILES string of the molecule is Cc1ccc(N2CCN(C)CC2)cc1C(=O)N[C@H](C)c1cccc(-c2cn(C)nc2C)c1. The summed E-state index contributed by atoms with van der Waals surface area (Å²) in [6.07, 6.45) is 2.03. The van der Waals surface area contributed by atoms with Crippen molar-refractivity contribution in [3.63, 3.8) is 0 Å². The van der Waals surface area contributed by atoms with Crippen LogP contribution >= 0.6 is 0 Å². The lowest BCUT2D eigenvalue weighted by atomic mass is 10.00. The van der Waals surface area contributed by atoms with E-state index in [4.69, 9.17) is 0 Å². The molecule has 1 aliphatic rings. The molecular formula is C26H33N5O. The fourth-order valence-corrected chi connectivity index (χ4v) is 4.33. The summed E-state index contributed by atoms with van der Waals surface area (Å²) in [6, 6.07) is 14.4. The number of anilines is 1. The van der Waals surface area contributed by atoms with Crippen molar-refractivity contribution in [1.82, 2.24) is 20.0 Å². The number of aryl methyl sites for hydroxylation is 3. The summed E-state index contributed by atoms with van der Waals surface area (Å²) in [7, 11) is 4.08. The van der Waals surface area contributed by atoms with Gasteiger partial charge < -0.3 is 15.1 Å². The van der Waals surface area contributed by atoms with Crippen molar-refractivity contribution in [2.24, 2.45) is 7.05 Å². The average Bonchev–Trinajstić information content (AvgIpc) is 3.12. The second kappa shape index (κ2) is 9.17. The van der Waals surface area contributed by atoms with Crippen molar-refractivity contribution in [3.05, 3.63) is 71.0 Å². The second-order valence-corrected chi connectivity index (χ2v) is 8.91. The number of piperazine rings is 1. The molecule has 1 aromatic heterocycles. The van der Waals surface area contributed by atoms with Crippen LogP contribution in [-0.4, -0.2) is 53.8 Å². The molecule has 1 saturated heterocycles. The molecule has 0 saturated carbocycles. The quantitative estimate of drug-likeness (QED) is 0.665. The molecule has 32 heavy (non-hydrogen) atoms. The summed E-state index contributed by atoms with van der Waals surface area (Å²) in [5.41, 5.74) is 7.16. The van der Waals surface area contributed by atoms with Gasteiger partial charge in [-0.15, -0.1) is 0 Å². The summed E-state index contributed by atoms with van der Waals surface area (Å²) in [6.45, 7) is 10.1. The van der Waals surface area contributed by atoms with Gasteiger partial charge in [-0.2, -0.15) is 5.10 Å². The Morgan fingerprint density at radius 2 is 1.78 bits per heavy atom. The Morgan fingerprint density at radius 3 is 2.47 bits per heavy atom. The van der Waals surface area contributed by atoms with Gasteiger partial charge in [0.05, 0.1) is 11.7 Å². The summed E-state index contributed by atoms with van der Waals surface area (Å²) >= 11 is 0. The van der Waals surface area contributed by atoms with Crippen LogP contribution in [0.3, 0.4) is 0 Å². The van der Waals surface area contributed by atoms with Gasteiger partial charge in [-0.25, -0.2) is 0 Å². The van der Waals surface area contributed by atoms with E-state index in [0.29, 0.717) is 0 Å². The molecule has 168 valence electrons. The Hall–Kier alpha value is -3.12. The number of hydrogen-bond donors (Lipinski definition) is 1. The third-order valence-electron chi connectivity index (χ3n) is 6.39. The first-order valence-electron chi connectivity index (χ1n) is 11.3. The average molecular weight is 432 g/mol. The van der Waals surface area contributed by atoms with Crippen LogP contribution in [0.15, 0.2) is 48.7 Å². The van der Waals surface area contributed by atoms with Crippen molar-refractivity contribution >= 4 is 11.6 Å². The Labute approximate surface area is 190 Å². The number of likely N-dealkylation sites (N-methyl/N-ethyl adjacent to an activating group) is 1. The number of aromatic nitrogens is 2. The molecule has 1 fully saturated rings. The Morgan fingerprint density at radius 1 is 1.03 bits per heavy atom. The van der Waals surface area contributed by atoms with Crippen LogP contribution < -0.4 is 10.2 Å². The van der Waals surface area contributed by atoms with E-state index in [0.717, 1.165) is 65.4 Å². The van der Waals surface area contributed by atoms with E-state index >= 15 is 0 Å². The maximum absolute atomic E-state index is 13.2. The summed E-state index contributed by atoms with van der Waals surface area (Å²) in [5.74, 6) is -0.0334. The highest BCUT2D eigenvalue weighted by Gasteiger charge is 2.19. The largest absolute Gasteiger partial charge is 0.369 e. The molecular weight excluding hydrogens is 398 g/mol. The van der Waals surface area contributed by atoms with Gasteiger partial charge in [-0.1, -0.05) is 24.3 Å². The molecule has 0 spiro atoms. The highest BCUT2D eigenvalue weighted by molar-refractivity contribution is 5.96. The summed E-state index contributed by atoms with van der Waals surface area (Å²) in [5, 5.41) is 7.65. The number of carbonyl (C=O) groups excluding carboxylic acids is 1. The zero-order chi connectivity index (χ0) is 22.8. The van der Waals surface area contributed by atoms with Crippen LogP contribution in [0.4, 0.5) is 5.69 Å². The maximum Gasteiger partial charge on any atom is 0.252 e. The molecule has 3 aromatic rings. The van der Waals surface area contributed by atoms with Crippen molar-refractivity contribution in [3.8, 4) is 11.1 Å². The van der Waals surface area contributed by atoms with Crippen molar-refractivity contribution < 1.29 is 4.79 Å². The lowest BCUT2D eigenvalue weighted by molar-refractivity contribution is 0.0939. The number of hydrogen-bond acceptors (Lipinski definition) is 4. The zero-order valence-electron chi connectivity index (χ0n) is 19.7. The van der Waals surface area contributed by atoms with Gasteiger partial charge in [0.1, 0.15) is 0 Å². The predicted molar refractivity (Wildman–Crippen MR) is 130 cm³/mol. The van der Waals surface area contributed by atoms with E-state index in [9.17, 15) is 4.79 Å². The maximum atomic E-state index is 13.2. The molecule has 2 aromatic carbocycles. The minimum atomic E-state index is -0.105. The third kappa shape index (κ3) is 4.70. The fraction of sp³-hybridized carbons (Fsp3) is 0.385. The first-order valence-corrected chi connectivity index (χ1v) is 11.3. The number of amides is 1. The molecule has 1 amide bonds. The van der Waals surface area contributed by atoms with Crippen molar-refractivity contribution in [2.45, 2.75) is 26.8 Å². The number of nitrogens with one attached hydrogen (secondary N) is 1. The molecule has 1 aliphatic heterocycles. The lowest BCUT2D eigenvalue weighted by Gasteiger charge is -2.34. The standard InChI is InChI=1S/C26H33N5O/c1-18-9-10-23(31-13-11-29(4)12-14-31)16-24(18)26(32)27-19(2)21-7-6-8-22(15-21)25-17-30(5)28-20(25)3/h6-10,15-17,19H,11-14H2,1-5H3,(H,27,32)/t19-/m1/s1. The molecule has 6 heteroatoms. The molecule has 4 rings (SSSR count). The lowest BCUT2D eigenvalue weighted by Crippen LogP contribution is -2.44. The summed E-state index contributed by atoms with van der Waals surface area (Å²) < 4.78 is 1.83. The van der Waals surface area contributed by atoms with Gasteiger partial charge in [0.25, 0.3) is 5.91 Å². The first kappa shape index (κ1) is 22.1. The van der Waals surface area contributed by atoms with Gasteiger partial charge in [-0.05, 0) is 62.7 Å². The predicted octanol–water partition coefficient (Wildman–Crippen LogP) is 3.95. The second-order valence-electron chi connectivity index (χ2n) is 8.91. The smallest absolute Gasteiger partial charge is 0.252 e. The van der Waals surface area contributed by atoms with Gasteiger partial charge in [0, 0.05) is 56.2 Å². The Kier molecular flexibility index (Phi) is 6.33. The van der Waals surface area contributed by atoms with Crippen molar-refractivity contribution in [2.75, 3.05) is 38.1 Å². The van der Waals surface area contributed by atoms with E-state index in [2.05, 4.69) is 57.6 Å². The zero-order valence-corrected chi connectivity index (χ0v) is 19.7. The van der Waals surface area contributed by atoms with E-state index in [1.165, 1.54) is 0 Å². The number of carbonyl (C=O) groups is 1. The fourth-order valence-electron chi connectivity index (χ4n) is 4.33. The van der Waals surface area contributed by atoms with Crippen LogP contribution in [-0.2, 0) is 7.05 Å². The van der Waals surface area contributed by atoms with Crippen LogP contribution in [0.5, 0.6) is 0 Å². The minimum absolute atomic E-state index is 0.0334. The van der Waals surface area contributed by atoms with Crippen LogP contribution in [0, 0.1) is 13.8 Å². The molecule has 1 atom stereocenters. The number of rotatable bonds is 5. The first-order chi connectivity index (χ1) is 15.3. The van der Waals surface area contributed by atoms with E-state index in [1.807, 2.05) is 50.8 Å². The molecule has 1 N–H and O–H groups in total. The third-order valence-corrected chi connectivity index (χ3v) is 6.39. The molecule has 2 heterocycles. The van der Waals surface area contributed by atoms with Gasteiger partial charge in [-0.3, -0.25) is 9.48 Å². The highest BCUT2D eigenvalue weighted by Crippen LogP contribution is 2.26. The van der Waals surface area contributed by atoms with E-state index in [1.54, 1.807) is 0 Å². The number of nitrogens with zero attached hydrogens (tertiary/aromatic N) is 4. The van der Waals surface area contributed by atoms with Crippen LogP contribution in [0.1, 0.15) is 40.1 Å². The van der Waals surface area contributed by atoms with Crippen LogP contribution in [0.25, 0.3) is 11.1 Å². The molecule has 0 unspecified atom stereocenters. The molecule has 6 nitrogen and oxygen atoms in total. The monoisotopic (exact) mass is 431 g/mol. The minimum Gasteiger partial charge on any atom is -0.369 e. The molecule has 0 bridgehead atoms. The Balaban J connectivity index is 1.51. The van der Waals surface area contributed by atoms with Crippen molar-refractivity contribution in [1.29, 1.82) is 0 Å². The Bertz CT molecular complexity index is 1110. The topological polar surface area (TPSA) is 53.4 Å².